The van der Waals surface area contributed by atoms with Gasteiger partial charge in [0.25, 0.3) is 0 Å². The van der Waals surface area contributed by atoms with Crippen molar-refractivity contribution in [1.82, 2.24) is 0 Å². The van der Waals surface area contributed by atoms with E-state index < -0.39 is 6.29 Å². The van der Waals surface area contributed by atoms with Gasteiger partial charge in [0, 0.05) is 11.1 Å². The molecule has 11 heavy (non-hydrogen) atoms. The molecule has 0 fully saturated rings. The van der Waals surface area contributed by atoms with Crippen molar-refractivity contribution >= 4 is 5.57 Å². The summed E-state index contributed by atoms with van der Waals surface area (Å²) >= 11 is 0. The third kappa shape index (κ3) is 0.835. The highest BCUT2D eigenvalue weighted by atomic mass is 16.6. The van der Waals surface area contributed by atoms with Crippen molar-refractivity contribution in [1.29, 1.82) is 0 Å². The number of benzene rings is 1. The number of para-hydroxylation sites is 1. The first kappa shape index (κ1) is 6.43. The molecule has 0 saturated heterocycles. The fourth-order valence-electron chi connectivity index (χ4n) is 1.16. The molecule has 1 heterocycles. The van der Waals surface area contributed by atoms with E-state index in [0.29, 0.717) is 11.3 Å². The lowest BCUT2D eigenvalue weighted by atomic mass is 10.1. The summed E-state index contributed by atoms with van der Waals surface area (Å²) in [7, 11) is 0. The van der Waals surface area contributed by atoms with Gasteiger partial charge in [0.15, 0.2) is 0 Å². The van der Waals surface area contributed by atoms with Crippen molar-refractivity contribution in [3.8, 4) is 5.75 Å². The molecule has 0 amide bonds. The van der Waals surface area contributed by atoms with Crippen LogP contribution in [0.25, 0.3) is 5.57 Å². The second kappa shape index (κ2) is 2.10. The van der Waals surface area contributed by atoms with Crippen molar-refractivity contribution in [3.05, 3.63) is 36.4 Å². The van der Waals surface area contributed by atoms with Gasteiger partial charge in [-0.3, -0.25) is 0 Å². The van der Waals surface area contributed by atoms with E-state index in [-0.39, 0.29) is 0 Å². The highest BCUT2D eigenvalue weighted by Crippen LogP contribution is 2.34. The standard InChI is InChI=1S/C9H8O2/c1-6-7-4-2-3-5-8(7)11-9(6)10/h2-5,9-10H,1H2. The summed E-state index contributed by atoms with van der Waals surface area (Å²) in [6.07, 6.45) is -0.854. The molecule has 1 aromatic rings. The first-order valence-corrected chi connectivity index (χ1v) is 3.42. The summed E-state index contributed by atoms with van der Waals surface area (Å²) in [4.78, 5) is 0. The van der Waals surface area contributed by atoms with Crippen LogP contribution in [0.4, 0.5) is 0 Å². The van der Waals surface area contributed by atoms with Crippen LogP contribution in [0.2, 0.25) is 0 Å². The Morgan fingerprint density at radius 2 is 2.09 bits per heavy atom. The molecule has 0 aliphatic carbocycles. The lowest BCUT2D eigenvalue weighted by molar-refractivity contribution is 0.0446. The van der Waals surface area contributed by atoms with Crippen LogP contribution >= 0.6 is 0 Å². The van der Waals surface area contributed by atoms with Gasteiger partial charge in [-0.25, -0.2) is 0 Å². The Labute approximate surface area is 64.7 Å². The van der Waals surface area contributed by atoms with E-state index >= 15 is 0 Å². The molecule has 0 saturated carbocycles. The number of hydrogen-bond donors (Lipinski definition) is 1. The summed E-state index contributed by atoms with van der Waals surface area (Å²) in [5, 5.41) is 9.20. The van der Waals surface area contributed by atoms with E-state index in [1.165, 1.54) is 0 Å². The minimum absolute atomic E-state index is 0.639. The van der Waals surface area contributed by atoms with Crippen molar-refractivity contribution in [2.45, 2.75) is 6.29 Å². The van der Waals surface area contributed by atoms with Crippen LogP contribution in [0.1, 0.15) is 5.56 Å². The highest BCUT2D eigenvalue weighted by Gasteiger charge is 2.23. The molecule has 1 aromatic carbocycles. The highest BCUT2D eigenvalue weighted by molar-refractivity contribution is 5.74. The van der Waals surface area contributed by atoms with E-state index in [2.05, 4.69) is 6.58 Å². The summed E-state index contributed by atoms with van der Waals surface area (Å²) in [6.45, 7) is 3.70. The average molecular weight is 148 g/mol. The number of aliphatic hydroxyl groups is 1. The molecule has 1 aliphatic rings. The minimum atomic E-state index is -0.854. The zero-order chi connectivity index (χ0) is 7.84. The quantitative estimate of drug-likeness (QED) is 0.602. The molecule has 1 atom stereocenters. The minimum Gasteiger partial charge on any atom is -0.460 e. The van der Waals surface area contributed by atoms with Gasteiger partial charge in [-0.2, -0.15) is 0 Å². The van der Waals surface area contributed by atoms with E-state index in [1.54, 1.807) is 0 Å². The summed E-state index contributed by atoms with van der Waals surface area (Å²) < 4.78 is 5.08. The molecule has 2 nitrogen and oxygen atoms in total. The maximum atomic E-state index is 9.20. The Morgan fingerprint density at radius 1 is 1.36 bits per heavy atom. The number of rotatable bonds is 0. The summed E-state index contributed by atoms with van der Waals surface area (Å²) in [5.41, 5.74) is 1.54. The molecule has 1 unspecified atom stereocenters. The SMILES string of the molecule is C=C1c2ccccc2OC1O. The Kier molecular flexibility index (Phi) is 1.23. The maximum absolute atomic E-state index is 9.20. The van der Waals surface area contributed by atoms with Gasteiger partial charge in [0.1, 0.15) is 5.75 Å². The van der Waals surface area contributed by atoms with Gasteiger partial charge < -0.3 is 9.84 Å². The van der Waals surface area contributed by atoms with Crippen LogP contribution in [0.15, 0.2) is 30.8 Å². The zero-order valence-corrected chi connectivity index (χ0v) is 5.95. The third-order valence-corrected chi connectivity index (χ3v) is 1.77. The molecule has 0 aromatic heterocycles. The molecule has 2 rings (SSSR count). The molecule has 1 aliphatic heterocycles. The average Bonchev–Trinajstić information content (AvgIpc) is 2.30. The van der Waals surface area contributed by atoms with E-state index in [0.717, 1.165) is 5.56 Å². The van der Waals surface area contributed by atoms with Crippen LogP contribution in [-0.2, 0) is 0 Å². The maximum Gasteiger partial charge on any atom is 0.224 e. The fourth-order valence-corrected chi connectivity index (χ4v) is 1.16. The molecule has 0 bridgehead atoms. The predicted octanol–water partition coefficient (Wildman–Crippen LogP) is 1.41. The number of ether oxygens (including phenoxy) is 1. The largest absolute Gasteiger partial charge is 0.460 e. The van der Waals surface area contributed by atoms with Crippen molar-refractivity contribution < 1.29 is 9.84 Å². The fraction of sp³-hybridized carbons (Fsp3) is 0.111. The molecule has 1 N–H and O–H groups in total. The normalized spacial score (nSPS) is 21.2. The van der Waals surface area contributed by atoms with Crippen LogP contribution in [0.5, 0.6) is 5.75 Å². The van der Waals surface area contributed by atoms with Gasteiger partial charge in [-0.05, 0) is 6.07 Å². The lowest BCUT2D eigenvalue weighted by Crippen LogP contribution is -2.08. The van der Waals surface area contributed by atoms with E-state index in [9.17, 15) is 5.11 Å². The van der Waals surface area contributed by atoms with Crippen LogP contribution < -0.4 is 4.74 Å². The molecule has 0 spiro atoms. The van der Waals surface area contributed by atoms with E-state index in [1.807, 2.05) is 24.3 Å². The summed E-state index contributed by atoms with van der Waals surface area (Å²) in [6, 6.07) is 7.46. The lowest BCUT2D eigenvalue weighted by Gasteiger charge is -2.00. The molecular formula is C9H8O2. The predicted molar refractivity (Wildman–Crippen MR) is 42.1 cm³/mol. The molecule has 2 heteroatoms. The number of aliphatic hydroxyl groups excluding tert-OH is 1. The van der Waals surface area contributed by atoms with Crippen LogP contribution in [0, 0.1) is 0 Å². The van der Waals surface area contributed by atoms with Crippen molar-refractivity contribution in [3.63, 3.8) is 0 Å². The smallest absolute Gasteiger partial charge is 0.224 e. The summed E-state index contributed by atoms with van der Waals surface area (Å²) in [5.74, 6) is 0.713. The molecule has 56 valence electrons. The first-order valence-electron chi connectivity index (χ1n) is 3.42. The Morgan fingerprint density at radius 3 is 2.82 bits per heavy atom. The van der Waals surface area contributed by atoms with Crippen LogP contribution in [0.3, 0.4) is 0 Å². The van der Waals surface area contributed by atoms with Gasteiger partial charge in [-0.15, -0.1) is 0 Å². The van der Waals surface area contributed by atoms with Gasteiger partial charge >= 0.3 is 0 Å². The molecule has 0 radical (unpaired) electrons. The van der Waals surface area contributed by atoms with E-state index in [4.69, 9.17) is 4.74 Å². The van der Waals surface area contributed by atoms with Crippen molar-refractivity contribution in [2.24, 2.45) is 0 Å². The zero-order valence-electron chi connectivity index (χ0n) is 5.95. The monoisotopic (exact) mass is 148 g/mol. The van der Waals surface area contributed by atoms with Crippen LogP contribution in [-0.4, -0.2) is 11.4 Å². The Balaban J connectivity index is 2.55. The topological polar surface area (TPSA) is 29.5 Å². The van der Waals surface area contributed by atoms with Gasteiger partial charge in [0.05, 0.1) is 0 Å². The van der Waals surface area contributed by atoms with Crippen molar-refractivity contribution in [2.75, 3.05) is 0 Å². The number of hydrogen-bond acceptors (Lipinski definition) is 2. The Bertz CT molecular complexity index is 304. The van der Waals surface area contributed by atoms with Gasteiger partial charge in [0.2, 0.25) is 6.29 Å². The second-order valence-corrected chi connectivity index (χ2v) is 2.49. The number of fused-ring (bicyclic) bond motifs is 1. The van der Waals surface area contributed by atoms with Gasteiger partial charge in [-0.1, -0.05) is 24.8 Å². The molecular weight excluding hydrogens is 140 g/mol. The second-order valence-electron chi connectivity index (χ2n) is 2.49. The Hall–Kier alpha value is -1.28. The first-order chi connectivity index (χ1) is 5.29. The third-order valence-electron chi connectivity index (χ3n) is 1.77.